The van der Waals surface area contributed by atoms with Gasteiger partial charge in [0.1, 0.15) is 0 Å². The summed E-state index contributed by atoms with van der Waals surface area (Å²) in [5.41, 5.74) is -0.554. The molecular weight excluding hydrogens is 236 g/mol. The summed E-state index contributed by atoms with van der Waals surface area (Å²) >= 11 is 0. The summed E-state index contributed by atoms with van der Waals surface area (Å²) in [5, 5.41) is 0. The Hall–Kier alpha value is -1.40. The maximum atomic E-state index is 11.9. The number of hydrogen-bond acceptors (Lipinski definition) is 4. The van der Waals surface area contributed by atoms with E-state index in [-0.39, 0.29) is 17.5 Å². The van der Waals surface area contributed by atoms with Gasteiger partial charge in [-0.05, 0) is 13.3 Å². The van der Waals surface area contributed by atoms with Gasteiger partial charge < -0.3 is 14.0 Å². The average molecular weight is 254 g/mol. The van der Waals surface area contributed by atoms with Crippen molar-refractivity contribution in [1.82, 2.24) is 9.13 Å². The lowest BCUT2D eigenvalue weighted by atomic mass is 10.3. The fraction of sp³-hybridized carbons (Fsp3) is 0.667. The smallest absolute Gasteiger partial charge is 0.330 e. The Balaban J connectivity index is 2.08. The molecule has 1 aromatic rings. The molecule has 1 saturated heterocycles. The van der Waals surface area contributed by atoms with E-state index in [1.807, 2.05) is 6.92 Å². The number of aromatic nitrogens is 2. The standard InChI is InChI=1S/C12H18N2O4/c1-2-13-6-4-10(15)14(12(13)16)7-5-11-17-8-3-9-18-11/h4,6,11H,2-3,5,7-9H2,1H3. The quantitative estimate of drug-likeness (QED) is 0.769. The first kappa shape index (κ1) is 13.0. The van der Waals surface area contributed by atoms with E-state index in [0.717, 1.165) is 6.42 Å². The van der Waals surface area contributed by atoms with Gasteiger partial charge in [-0.25, -0.2) is 4.79 Å². The van der Waals surface area contributed by atoms with Crippen molar-refractivity contribution in [2.45, 2.75) is 39.1 Å². The molecule has 0 N–H and O–H groups in total. The Bertz CT molecular complexity index is 500. The SMILES string of the molecule is CCn1ccc(=O)n(CCC2OCCCO2)c1=O. The van der Waals surface area contributed by atoms with Gasteiger partial charge in [0.25, 0.3) is 5.56 Å². The Labute approximate surface area is 105 Å². The Morgan fingerprint density at radius 3 is 2.72 bits per heavy atom. The van der Waals surface area contributed by atoms with Crippen LogP contribution in [0.1, 0.15) is 19.8 Å². The van der Waals surface area contributed by atoms with Crippen LogP contribution < -0.4 is 11.2 Å². The molecule has 100 valence electrons. The third kappa shape index (κ3) is 2.88. The Kier molecular flexibility index (Phi) is 4.33. The maximum Gasteiger partial charge on any atom is 0.330 e. The summed E-state index contributed by atoms with van der Waals surface area (Å²) in [6.45, 7) is 4.09. The van der Waals surface area contributed by atoms with Crippen LogP contribution in [-0.4, -0.2) is 28.6 Å². The van der Waals surface area contributed by atoms with Gasteiger partial charge in [0.2, 0.25) is 0 Å². The molecule has 18 heavy (non-hydrogen) atoms. The normalized spacial score (nSPS) is 16.9. The second-order valence-corrected chi connectivity index (χ2v) is 4.19. The highest BCUT2D eigenvalue weighted by Crippen LogP contribution is 2.08. The van der Waals surface area contributed by atoms with Gasteiger partial charge >= 0.3 is 5.69 Å². The van der Waals surface area contributed by atoms with Gasteiger partial charge in [0, 0.05) is 31.8 Å². The van der Waals surface area contributed by atoms with Crippen LogP contribution in [0, 0.1) is 0 Å². The summed E-state index contributed by atoms with van der Waals surface area (Å²) in [6.07, 6.45) is 2.63. The largest absolute Gasteiger partial charge is 0.353 e. The second kappa shape index (κ2) is 5.97. The second-order valence-electron chi connectivity index (χ2n) is 4.19. The van der Waals surface area contributed by atoms with Crippen molar-refractivity contribution in [3.8, 4) is 0 Å². The third-order valence-electron chi connectivity index (χ3n) is 2.96. The zero-order chi connectivity index (χ0) is 13.0. The fourth-order valence-corrected chi connectivity index (χ4v) is 1.94. The van der Waals surface area contributed by atoms with Gasteiger partial charge in [0.15, 0.2) is 6.29 Å². The molecule has 1 fully saturated rings. The summed E-state index contributed by atoms with van der Waals surface area (Å²) in [4.78, 5) is 23.6. The highest BCUT2D eigenvalue weighted by atomic mass is 16.7. The van der Waals surface area contributed by atoms with Crippen LogP contribution in [0.2, 0.25) is 0 Å². The van der Waals surface area contributed by atoms with Crippen LogP contribution in [0.25, 0.3) is 0 Å². The predicted molar refractivity (Wildman–Crippen MR) is 65.6 cm³/mol. The van der Waals surface area contributed by atoms with Crippen molar-refractivity contribution in [2.75, 3.05) is 13.2 Å². The van der Waals surface area contributed by atoms with E-state index in [4.69, 9.17) is 9.47 Å². The number of nitrogens with zero attached hydrogens (tertiary/aromatic N) is 2. The van der Waals surface area contributed by atoms with Crippen molar-refractivity contribution in [3.05, 3.63) is 33.1 Å². The lowest BCUT2D eigenvalue weighted by molar-refractivity contribution is -0.182. The molecule has 0 unspecified atom stereocenters. The van der Waals surface area contributed by atoms with Gasteiger partial charge in [-0.3, -0.25) is 9.36 Å². The molecule has 6 heteroatoms. The topological polar surface area (TPSA) is 62.5 Å². The first-order valence-electron chi connectivity index (χ1n) is 6.26. The van der Waals surface area contributed by atoms with Crippen LogP contribution in [0.3, 0.4) is 0 Å². The first-order chi connectivity index (χ1) is 8.72. The fourth-order valence-electron chi connectivity index (χ4n) is 1.94. The van der Waals surface area contributed by atoms with E-state index in [2.05, 4.69) is 0 Å². The number of ether oxygens (including phenoxy) is 2. The first-order valence-corrected chi connectivity index (χ1v) is 6.26. The van der Waals surface area contributed by atoms with Crippen molar-refractivity contribution >= 4 is 0 Å². The van der Waals surface area contributed by atoms with Crippen LogP contribution in [0.5, 0.6) is 0 Å². The molecule has 6 nitrogen and oxygen atoms in total. The molecule has 2 rings (SSSR count). The van der Waals surface area contributed by atoms with Crippen molar-refractivity contribution in [2.24, 2.45) is 0 Å². The van der Waals surface area contributed by atoms with E-state index in [1.165, 1.54) is 21.4 Å². The monoisotopic (exact) mass is 254 g/mol. The van der Waals surface area contributed by atoms with Crippen molar-refractivity contribution < 1.29 is 9.47 Å². The lowest BCUT2D eigenvalue weighted by Crippen LogP contribution is -2.40. The van der Waals surface area contributed by atoms with Crippen LogP contribution >= 0.6 is 0 Å². The number of aryl methyl sites for hydroxylation is 1. The zero-order valence-electron chi connectivity index (χ0n) is 10.5. The molecule has 1 aliphatic rings. The van der Waals surface area contributed by atoms with E-state index in [9.17, 15) is 9.59 Å². The minimum atomic E-state index is -0.305. The number of rotatable bonds is 4. The van der Waals surface area contributed by atoms with Crippen molar-refractivity contribution in [3.63, 3.8) is 0 Å². The van der Waals surface area contributed by atoms with E-state index in [1.54, 1.807) is 0 Å². The molecule has 1 aliphatic heterocycles. The molecule has 0 spiro atoms. The molecule has 0 aliphatic carbocycles. The average Bonchev–Trinajstić information content (AvgIpc) is 2.40. The van der Waals surface area contributed by atoms with Gasteiger partial charge in [-0.1, -0.05) is 0 Å². The molecule has 0 bridgehead atoms. The minimum Gasteiger partial charge on any atom is -0.353 e. The molecule has 0 atom stereocenters. The summed E-state index contributed by atoms with van der Waals surface area (Å²) in [6, 6.07) is 1.41. The molecule has 1 aromatic heterocycles. The lowest BCUT2D eigenvalue weighted by Gasteiger charge is -2.23. The highest BCUT2D eigenvalue weighted by molar-refractivity contribution is 4.86. The maximum absolute atomic E-state index is 11.9. The summed E-state index contributed by atoms with van der Waals surface area (Å²) in [7, 11) is 0. The Morgan fingerprint density at radius 1 is 1.33 bits per heavy atom. The molecule has 0 amide bonds. The molecule has 2 heterocycles. The van der Waals surface area contributed by atoms with E-state index < -0.39 is 0 Å². The van der Waals surface area contributed by atoms with Gasteiger partial charge in [-0.15, -0.1) is 0 Å². The zero-order valence-corrected chi connectivity index (χ0v) is 10.5. The third-order valence-corrected chi connectivity index (χ3v) is 2.96. The predicted octanol–water partition coefficient (Wildman–Crippen LogP) is 0.183. The summed E-state index contributed by atoms with van der Waals surface area (Å²) in [5.74, 6) is 0. The molecule has 0 saturated carbocycles. The summed E-state index contributed by atoms with van der Waals surface area (Å²) < 4.78 is 13.5. The van der Waals surface area contributed by atoms with E-state index >= 15 is 0 Å². The van der Waals surface area contributed by atoms with Crippen molar-refractivity contribution in [1.29, 1.82) is 0 Å². The van der Waals surface area contributed by atoms with Crippen LogP contribution in [0.4, 0.5) is 0 Å². The van der Waals surface area contributed by atoms with Crippen LogP contribution in [0.15, 0.2) is 21.9 Å². The molecule has 0 aromatic carbocycles. The number of hydrogen-bond donors (Lipinski definition) is 0. The highest BCUT2D eigenvalue weighted by Gasteiger charge is 2.15. The Morgan fingerprint density at radius 2 is 2.06 bits per heavy atom. The molecular formula is C12H18N2O4. The van der Waals surface area contributed by atoms with Gasteiger partial charge in [-0.2, -0.15) is 0 Å². The molecule has 0 radical (unpaired) electrons. The van der Waals surface area contributed by atoms with Gasteiger partial charge in [0.05, 0.1) is 13.2 Å². The van der Waals surface area contributed by atoms with Crippen LogP contribution in [-0.2, 0) is 22.6 Å². The minimum absolute atomic E-state index is 0.277. The van der Waals surface area contributed by atoms with E-state index in [0.29, 0.717) is 32.7 Å².